The summed E-state index contributed by atoms with van der Waals surface area (Å²) < 4.78 is 17.2. The van der Waals surface area contributed by atoms with E-state index in [2.05, 4.69) is 21.9 Å². The van der Waals surface area contributed by atoms with Crippen LogP contribution in [0.3, 0.4) is 0 Å². The predicted molar refractivity (Wildman–Crippen MR) is 78.8 cm³/mol. The van der Waals surface area contributed by atoms with Crippen molar-refractivity contribution >= 4 is 11.5 Å². The molecule has 0 spiro atoms. The molecule has 20 heavy (non-hydrogen) atoms. The van der Waals surface area contributed by atoms with E-state index in [4.69, 9.17) is 5.84 Å². The molecule has 0 saturated carbocycles. The number of hydrogen-bond acceptors (Lipinski definition) is 5. The number of rotatable bonds is 6. The highest BCUT2D eigenvalue weighted by Gasteiger charge is 2.19. The van der Waals surface area contributed by atoms with Crippen molar-refractivity contribution in [2.75, 3.05) is 0 Å². The normalized spacial score (nSPS) is 12.6. The topological polar surface area (TPSA) is 63.8 Å². The number of nitrogens with two attached hydrogens (primary N) is 1. The Kier molecular flexibility index (Phi) is 5.17. The van der Waals surface area contributed by atoms with Crippen LogP contribution in [0.5, 0.6) is 0 Å². The summed E-state index contributed by atoms with van der Waals surface area (Å²) in [7, 11) is 0. The molecule has 1 aromatic heterocycles. The van der Waals surface area contributed by atoms with E-state index in [-0.39, 0.29) is 11.9 Å². The van der Waals surface area contributed by atoms with Gasteiger partial charge in [0.05, 0.1) is 16.6 Å². The summed E-state index contributed by atoms with van der Waals surface area (Å²) in [5.41, 5.74) is 5.84. The van der Waals surface area contributed by atoms with Crippen molar-refractivity contribution in [2.45, 2.75) is 39.2 Å². The van der Waals surface area contributed by atoms with Gasteiger partial charge in [-0.25, -0.2) is 4.39 Å². The van der Waals surface area contributed by atoms with E-state index < -0.39 is 0 Å². The van der Waals surface area contributed by atoms with Crippen LogP contribution in [0.2, 0.25) is 0 Å². The Morgan fingerprint density at radius 3 is 2.90 bits per heavy atom. The van der Waals surface area contributed by atoms with E-state index in [9.17, 15) is 4.39 Å². The maximum Gasteiger partial charge on any atom is 0.123 e. The van der Waals surface area contributed by atoms with Gasteiger partial charge in [-0.05, 0) is 54.6 Å². The highest BCUT2D eigenvalue weighted by molar-refractivity contribution is 7.05. The average Bonchev–Trinajstić information content (AvgIpc) is 2.87. The first-order valence-corrected chi connectivity index (χ1v) is 7.45. The van der Waals surface area contributed by atoms with Gasteiger partial charge in [0.1, 0.15) is 5.82 Å². The second-order valence-electron chi connectivity index (χ2n) is 4.83. The van der Waals surface area contributed by atoms with Gasteiger partial charge in [0.25, 0.3) is 0 Å². The number of halogens is 1. The standard InChI is InChI=1S/C14H19FN4S/c1-3-4-12-14(20-19-18-12)13(17-16)8-10-5-6-11(15)7-9(10)2/h5-7,13,17H,3-4,8,16H2,1-2H3. The Labute approximate surface area is 122 Å². The van der Waals surface area contributed by atoms with Gasteiger partial charge >= 0.3 is 0 Å². The second kappa shape index (κ2) is 6.88. The Morgan fingerprint density at radius 2 is 2.25 bits per heavy atom. The Hall–Kier alpha value is -1.37. The molecule has 1 aromatic carbocycles. The largest absolute Gasteiger partial charge is 0.271 e. The number of hydrazine groups is 1. The molecule has 0 bridgehead atoms. The van der Waals surface area contributed by atoms with Crippen LogP contribution in [0.25, 0.3) is 0 Å². The molecular formula is C14H19FN4S. The van der Waals surface area contributed by atoms with Crippen LogP contribution in [-0.2, 0) is 12.8 Å². The first-order chi connectivity index (χ1) is 9.65. The van der Waals surface area contributed by atoms with Gasteiger partial charge < -0.3 is 0 Å². The fraction of sp³-hybridized carbons (Fsp3) is 0.429. The van der Waals surface area contributed by atoms with Crippen LogP contribution in [0, 0.1) is 12.7 Å². The first kappa shape index (κ1) is 15.0. The van der Waals surface area contributed by atoms with Crippen molar-refractivity contribution < 1.29 is 4.39 Å². The third-order valence-electron chi connectivity index (χ3n) is 3.32. The highest BCUT2D eigenvalue weighted by atomic mass is 32.1. The molecule has 0 saturated heterocycles. The summed E-state index contributed by atoms with van der Waals surface area (Å²) in [6.45, 7) is 4.02. The van der Waals surface area contributed by atoms with E-state index in [0.29, 0.717) is 6.42 Å². The molecule has 3 N–H and O–H groups in total. The number of nitrogens with one attached hydrogen (secondary N) is 1. The van der Waals surface area contributed by atoms with Crippen LogP contribution < -0.4 is 11.3 Å². The van der Waals surface area contributed by atoms with Crippen molar-refractivity contribution in [3.63, 3.8) is 0 Å². The van der Waals surface area contributed by atoms with Crippen LogP contribution in [-0.4, -0.2) is 9.59 Å². The molecule has 1 unspecified atom stereocenters. The van der Waals surface area contributed by atoms with Gasteiger partial charge in [-0.3, -0.25) is 11.3 Å². The lowest BCUT2D eigenvalue weighted by Gasteiger charge is -2.16. The van der Waals surface area contributed by atoms with Crippen molar-refractivity contribution in [2.24, 2.45) is 5.84 Å². The minimum Gasteiger partial charge on any atom is -0.271 e. The lowest BCUT2D eigenvalue weighted by atomic mass is 9.99. The monoisotopic (exact) mass is 294 g/mol. The number of aromatic nitrogens is 2. The molecule has 2 rings (SSSR count). The first-order valence-electron chi connectivity index (χ1n) is 6.68. The summed E-state index contributed by atoms with van der Waals surface area (Å²) in [5, 5.41) is 4.17. The quantitative estimate of drug-likeness (QED) is 0.635. The van der Waals surface area contributed by atoms with Gasteiger partial charge in [-0.15, -0.1) is 5.10 Å². The lowest BCUT2D eigenvalue weighted by Crippen LogP contribution is -2.30. The summed E-state index contributed by atoms with van der Waals surface area (Å²) in [4.78, 5) is 1.07. The van der Waals surface area contributed by atoms with Crippen LogP contribution >= 0.6 is 11.5 Å². The molecule has 108 valence electrons. The Balaban J connectivity index is 2.22. The summed E-state index contributed by atoms with van der Waals surface area (Å²) in [6, 6.07) is 4.79. The molecule has 2 aromatic rings. The van der Waals surface area contributed by atoms with Crippen LogP contribution in [0.1, 0.15) is 41.1 Å². The molecule has 0 amide bonds. The summed E-state index contributed by atoms with van der Waals surface area (Å²) in [6.07, 6.45) is 2.61. The van der Waals surface area contributed by atoms with E-state index in [1.165, 1.54) is 17.6 Å². The van der Waals surface area contributed by atoms with Crippen molar-refractivity contribution in [1.82, 2.24) is 15.0 Å². The van der Waals surface area contributed by atoms with E-state index in [1.807, 2.05) is 13.0 Å². The highest BCUT2D eigenvalue weighted by Crippen LogP contribution is 2.25. The molecule has 1 atom stereocenters. The third kappa shape index (κ3) is 3.39. The molecular weight excluding hydrogens is 275 g/mol. The second-order valence-corrected chi connectivity index (χ2v) is 5.61. The molecule has 0 aliphatic rings. The molecule has 6 heteroatoms. The zero-order valence-electron chi connectivity index (χ0n) is 11.7. The molecule has 0 fully saturated rings. The summed E-state index contributed by atoms with van der Waals surface area (Å²) >= 11 is 1.37. The maximum atomic E-state index is 13.1. The molecule has 4 nitrogen and oxygen atoms in total. The SMILES string of the molecule is CCCc1nnsc1C(Cc1ccc(F)cc1C)NN. The van der Waals surface area contributed by atoms with Gasteiger partial charge in [-0.2, -0.15) is 0 Å². The fourth-order valence-corrected chi connectivity index (χ4v) is 2.98. The zero-order chi connectivity index (χ0) is 14.5. The number of benzene rings is 1. The van der Waals surface area contributed by atoms with Gasteiger partial charge in [0.15, 0.2) is 0 Å². The van der Waals surface area contributed by atoms with E-state index in [1.54, 1.807) is 6.07 Å². The zero-order valence-corrected chi connectivity index (χ0v) is 12.5. The minimum absolute atomic E-state index is 0.0410. The van der Waals surface area contributed by atoms with Crippen molar-refractivity contribution in [3.05, 3.63) is 45.7 Å². The van der Waals surface area contributed by atoms with Crippen LogP contribution in [0.4, 0.5) is 4.39 Å². The van der Waals surface area contributed by atoms with Gasteiger partial charge in [0.2, 0.25) is 0 Å². The van der Waals surface area contributed by atoms with E-state index in [0.717, 1.165) is 34.5 Å². The van der Waals surface area contributed by atoms with E-state index >= 15 is 0 Å². The number of hydrogen-bond donors (Lipinski definition) is 2. The number of aryl methyl sites for hydroxylation is 2. The van der Waals surface area contributed by atoms with Crippen molar-refractivity contribution in [3.8, 4) is 0 Å². The van der Waals surface area contributed by atoms with Gasteiger partial charge in [-0.1, -0.05) is 23.9 Å². The lowest BCUT2D eigenvalue weighted by molar-refractivity contribution is 0.551. The minimum atomic E-state index is -0.213. The predicted octanol–water partition coefficient (Wildman–Crippen LogP) is 2.69. The maximum absolute atomic E-state index is 13.1. The third-order valence-corrected chi connectivity index (χ3v) is 4.20. The Bertz CT molecular complexity index is 570. The summed E-state index contributed by atoms with van der Waals surface area (Å²) in [5.74, 6) is 5.47. The van der Waals surface area contributed by atoms with Crippen LogP contribution in [0.15, 0.2) is 18.2 Å². The molecule has 1 heterocycles. The van der Waals surface area contributed by atoms with Crippen molar-refractivity contribution in [1.29, 1.82) is 0 Å². The molecule has 0 aliphatic heterocycles. The average molecular weight is 294 g/mol. The Morgan fingerprint density at radius 1 is 1.45 bits per heavy atom. The van der Waals surface area contributed by atoms with Gasteiger partial charge in [0, 0.05) is 0 Å². The smallest absolute Gasteiger partial charge is 0.123 e. The molecule has 0 radical (unpaired) electrons. The number of nitrogens with zero attached hydrogens (tertiary/aromatic N) is 2. The molecule has 0 aliphatic carbocycles. The fourth-order valence-electron chi connectivity index (χ4n) is 2.23.